The van der Waals surface area contributed by atoms with Gasteiger partial charge in [-0.15, -0.1) is 0 Å². The van der Waals surface area contributed by atoms with E-state index < -0.39 is 0 Å². The van der Waals surface area contributed by atoms with Crippen molar-refractivity contribution >= 4 is 45.6 Å². The van der Waals surface area contributed by atoms with Crippen LogP contribution in [0.15, 0.2) is 84.9 Å². The van der Waals surface area contributed by atoms with E-state index in [-0.39, 0.29) is 0 Å². The fourth-order valence-electron chi connectivity index (χ4n) is 3.16. The summed E-state index contributed by atoms with van der Waals surface area (Å²) in [7, 11) is 0. The molecule has 4 aromatic rings. The molecule has 0 radical (unpaired) electrons. The Morgan fingerprint density at radius 3 is 2.33 bits per heavy atom. The smallest absolute Gasteiger partial charge is 0.119 e. The second-order valence-electron chi connectivity index (χ2n) is 6.84. The van der Waals surface area contributed by atoms with Gasteiger partial charge in [-0.2, -0.15) is 5.26 Å². The third-order valence-corrected chi connectivity index (χ3v) is 5.50. The zero-order valence-corrected chi connectivity index (χ0v) is 17.5. The highest BCUT2D eigenvalue weighted by Crippen LogP contribution is 2.25. The lowest BCUT2D eigenvalue weighted by atomic mass is 10.0. The molecule has 0 amide bonds. The van der Waals surface area contributed by atoms with E-state index in [1.165, 1.54) is 0 Å². The zero-order valence-electron chi connectivity index (χ0n) is 16.0. The second-order valence-corrected chi connectivity index (χ2v) is 7.65. The van der Waals surface area contributed by atoms with E-state index in [9.17, 15) is 5.26 Å². The quantitative estimate of drug-likeness (QED) is 0.239. The van der Waals surface area contributed by atoms with Gasteiger partial charge in [0.05, 0.1) is 21.7 Å². The fraction of sp³-hybridized carbons (Fsp3) is 0.0385. The van der Waals surface area contributed by atoms with Crippen molar-refractivity contribution in [2.75, 3.05) is 0 Å². The largest absolute Gasteiger partial charge is 0.489 e. The maximum atomic E-state index is 9.66. The molecule has 146 valence electrons. The average Bonchev–Trinajstić information content (AvgIpc) is 2.78. The van der Waals surface area contributed by atoms with Crippen LogP contribution in [0.3, 0.4) is 0 Å². The number of fused-ring (bicyclic) bond motifs is 1. The van der Waals surface area contributed by atoms with Crippen LogP contribution < -0.4 is 4.74 Å². The Balaban J connectivity index is 1.49. The highest BCUT2D eigenvalue weighted by Gasteiger charge is 2.04. The number of ether oxygens (including phenoxy) is 1. The van der Waals surface area contributed by atoms with Crippen LogP contribution in [0.25, 0.3) is 22.4 Å². The Labute approximate surface area is 185 Å². The first-order valence-electron chi connectivity index (χ1n) is 9.40. The maximum Gasteiger partial charge on any atom is 0.119 e. The summed E-state index contributed by atoms with van der Waals surface area (Å²) in [5.74, 6) is 0.738. The number of nitriles is 1. The van der Waals surface area contributed by atoms with E-state index in [1.54, 1.807) is 12.1 Å². The average molecular weight is 430 g/mol. The van der Waals surface area contributed by atoms with Crippen molar-refractivity contribution in [3.05, 3.63) is 112 Å². The predicted molar refractivity (Wildman–Crippen MR) is 125 cm³/mol. The Bertz CT molecular complexity index is 1270. The molecule has 4 rings (SSSR count). The molecular formula is C26H17Cl2NO. The summed E-state index contributed by atoms with van der Waals surface area (Å²) in [6.45, 7) is 0.395. The normalized spacial score (nSPS) is 11.3. The van der Waals surface area contributed by atoms with Crippen molar-refractivity contribution in [2.45, 2.75) is 6.61 Å². The van der Waals surface area contributed by atoms with Gasteiger partial charge in [0, 0.05) is 0 Å². The summed E-state index contributed by atoms with van der Waals surface area (Å²) in [4.78, 5) is 0. The van der Waals surface area contributed by atoms with Crippen LogP contribution >= 0.6 is 23.2 Å². The number of benzene rings is 4. The Hall–Kier alpha value is -3.25. The van der Waals surface area contributed by atoms with Crippen LogP contribution in [-0.4, -0.2) is 0 Å². The SMILES string of the molecule is N#CC(=Cc1ccc(OCc2ccc(Cl)c(Cl)c2)cc1)c1ccc2ccccc2c1. The lowest BCUT2D eigenvalue weighted by Crippen LogP contribution is -1.95. The predicted octanol–water partition coefficient (Wildman–Crippen LogP) is 7.79. The van der Waals surface area contributed by atoms with Crippen LogP contribution in [0, 0.1) is 11.3 Å². The van der Waals surface area contributed by atoms with Crippen molar-refractivity contribution in [3.63, 3.8) is 0 Å². The molecule has 0 aromatic heterocycles. The van der Waals surface area contributed by atoms with Crippen molar-refractivity contribution < 1.29 is 4.74 Å². The van der Waals surface area contributed by atoms with Gasteiger partial charge in [-0.1, -0.05) is 77.8 Å². The zero-order chi connectivity index (χ0) is 20.9. The molecule has 0 atom stereocenters. The molecule has 0 saturated heterocycles. The summed E-state index contributed by atoms with van der Waals surface area (Å²) >= 11 is 12.0. The summed E-state index contributed by atoms with van der Waals surface area (Å²) in [6.07, 6.45) is 1.88. The Morgan fingerprint density at radius 2 is 1.60 bits per heavy atom. The summed E-state index contributed by atoms with van der Waals surface area (Å²) in [5.41, 5.74) is 3.39. The molecule has 0 aliphatic carbocycles. The van der Waals surface area contributed by atoms with Gasteiger partial charge in [0.1, 0.15) is 12.4 Å². The minimum atomic E-state index is 0.395. The van der Waals surface area contributed by atoms with Crippen LogP contribution in [0.2, 0.25) is 10.0 Å². The minimum absolute atomic E-state index is 0.395. The van der Waals surface area contributed by atoms with Crippen LogP contribution in [-0.2, 0) is 6.61 Å². The number of allylic oxidation sites excluding steroid dienone is 1. The van der Waals surface area contributed by atoms with E-state index in [0.29, 0.717) is 22.2 Å². The first-order chi connectivity index (χ1) is 14.6. The first-order valence-corrected chi connectivity index (χ1v) is 10.2. The molecule has 0 saturated carbocycles. The minimum Gasteiger partial charge on any atom is -0.489 e. The molecule has 0 N–H and O–H groups in total. The fourth-order valence-corrected chi connectivity index (χ4v) is 3.48. The van der Waals surface area contributed by atoms with E-state index in [4.69, 9.17) is 27.9 Å². The number of halogens is 2. The molecule has 4 aromatic carbocycles. The highest BCUT2D eigenvalue weighted by molar-refractivity contribution is 6.42. The summed E-state index contributed by atoms with van der Waals surface area (Å²) in [6, 6.07) is 29.6. The lowest BCUT2D eigenvalue weighted by Gasteiger charge is -2.08. The van der Waals surface area contributed by atoms with Crippen LogP contribution in [0.1, 0.15) is 16.7 Å². The molecule has 4 heteroatoms. The molecule has 2 nitrogen and oxygen atoms in total. The number of nitrogens with zero attached hydrogens (tertiary/aromatic N) is 1. The Kier molecular flexibility index (Phi) is 6.05. The summed E-state index contributed by atoms with van der Waals surface area (Å²) < 4.78 is 5.82. The first kappa shape index (κ1) is 20.0. The molecule has 0 fully saturated rings. The molecule has 0 heterocycles. The number of hydrogen-bond acceptors (Lipinski definition) is 2. The Morgan fingerprint density at radius 1 is 0.833 bits per heavy atom. The maximum absolute atomic E-state index is 9.66. The number of rotatable bonds is 5. The molecule has 0 bridgehead atoms. The lowest BCUT2D eigenvalue weighted by molar-refractivity contribution is 0.306. The highest BCUT2D eigenvalue weighted by atomic mass is 35.5. The van der Waals surface area contributed by atoms with Crippen LogP contribution in [0.5, 0.6) is 5.75 Å². The van der Waals surface area contributed by atoms with Crippen molar-refractivity contribution in [1.29, 1.82) is 5.26 Å². The van der Waals surface area contributed by atoms with Gasteiger partial charge in [-0.25, -0.2) is 0 Å². The van der Waals surface area contributed by atoms with E-state index in [2.05, 4.69) is 12.1 Å². The number of hydrogen-bond donors (Lipinski definition) is 0. The topological polar surface area (TPSA) is 33.0 Å². The summed E-state index contributed by atoms with van der Waals surface area (Å²) in [5, 5.41) is 13.0. The second kappa shape index (κ2) is 9.05. The van der Waals surface area contributed by atoms with Gasteiger partial charge < -0.3 is 4.74 Å². The standard InChI is InChI=1S/C26H17Cl2NO/c27-25-12-7-19(14-26(25)28)17-30-24-10-5-18(6-11-24)13-23(16-29)22-9-8-20-3-1-2-4-21(20)15-22/h1-15H,17H2. The van der Waals surface area contributed by atoms with Gasteiger partial charge in [0.25, 0.3) is 0 Å². The molecule has 0 aliphatic rings. The molecule has 0 spiro atoms. The van der Waals surface area contributed by atoms with Gasteiger partial charge in [0.2, 0.25) is 0 Å². The van der Waals surface area contributed by atoms with Crippen molar-refractivity contribution in [1.82, 2.24) is 0 Å². The van der Waals surface area contributed by atoms with Gasteiger partial charge in [-0.05, 0) is 63.9 Å². The van der Waals surface area contributed by atoms with E-state index >= 15 is 0 Å². The molecular weight excluding hydrogens is 413 g/mol. The molecule has 0 unspecified atom stereocenters. The van der Waals surface area contributed by atoms with Crippen molar-refractivity contribution in [2.24, 2.45) is 0 Å². The third-order valence-electron chi connectivity index (χ3n) is 4.76. The molecule has 30 heavy (non-hydrogen) atoms. The van der Waals surface area contributed by atoms with Crippen molar-refractivity contribution in [3.8, 4) is 11.8 Å². The van der Waals surface area contributed by atoms with Gasteiger partial charge >= 0.3 is 0 Å². The van der Waals surface area contributed by atoms with Crippen LogP contribution in [0.4, 0.5) is 0 Å². The monoisotopic (exact) mass is 429 g/mol. The van der Waals surface area contributed by atoms with Gasteiger partial charge in [-0.3, -0.25) is 0 Å². The van der Waals surface area contributed by atoms with Gasteiger partial charge in [0.15, 0.2) is 0 Å². The molecule has 0 aliphatic heterocycles. The van der Waals surface area contributed by atoms with E-state index in [0.717, 1.165) is 33.2 Å². The van der Waals surface area contributed by atoms with E-state index in [1.807, 2.05) is 72.8 Å². The third kappa shape index (κ3) is 4.66.